The van der Waals surface area contributed by atoms with Crippen molar-refractivity contribution in [3.8, 4) is 11.1 Å². The Kier molecular flexibility index (Phi) is 3.11. The number of rotatable bonds is 2. The minimum absolute atomic E-state index is 0.671. The second-order valence-electron chi connectivity index (χ2n) is 4.40. The molecule has 0 atom stereocenters. The van der Waals surface area contributed by atoms with Crippen LogP contribution in [0.5, 0.6) is 0 Å². The topological polar surface area (TPSA) is 26.0 Å². The number of hydrogen-bond acceptors (Lipinski definition) is 1. The van der Waals surface area contributed by atoms with Gasteiger partial charge in [0.1, 0.15) is 0 Å². The summed E-state index contributed by atoms with van der Waals surface area (Å²) in [5.41, 5.74) is 8.98. The average molecular weight is 227 g/mol. The quantitative estimate of drug-likeness (QED) is 0.619. The lowest BCUT2D eigenvalue weighted by atomic mass is 10.1. The predicted molar refractivity (Wildman–Crippen MR) is 74.8 cm³/mol. The van der Waals surface area contributed by atoms with E-state index in [1.165, 1.54) is 16.3 Å². The molecule has 0 bridgehead atoms. The fraction of sp³-hybridized carbons (Fsp3) is 0.143. The van der Waals surface area contributed by atoms with Gasteiger partial charge in [0.2, 0.25) is 0 Å². The largest absolute Gasteiger partial charge is 0.399 e. The zero-order valence-electron chi connectivity index (χ0n) is 9.77. The molecule has 2 heteroatoms. The van der Waals surface area contributed by atoms with Crippen LogP contribution in [0.15, 0.2) is 48.5 Å². The standard InChI is InChI=1S/C14H17NSi/c1-16(2)14-9-5-12(6-10-14)11-3-7-13(15)8-4-11/h3-10,16H,15H2,1-2H3. The molecule has 0 fully saturated rings. The molecule has 16 heavy (non-hydrogen) atoms. The van der Waals surface area contributed by atoms with Crippen molar-refractivity contribution in [2.24, 2.45) is 0 Å². The van der Waals surface area contributed by atoms with Gasteiger partial charge in [-0.3, -0.25) is 0 Å². The number of hydrogen-bond donors (Lipinski definition) is 1. The molecule has 1 nitrogen and oxygen atoms in total. The first-order valence-corrected chi connectivity index (χ1v) is 8.51. The minimum atomic E-state index is -0.671. The summed E-state index contributed by atoms with van der Waals surface area (Å²) in [6.07, 6.45) is 0. The van der Waals surface area contributed by atoms with Crippen LogP contribution in [0.2, 0.25) is 13.1 Å². The van der Waals surface area contributed by atoms with E-state index in [1.54, 1.807) is 0 Å². The predicted octanol–water partition coefficient (Wildman–Crippen LogP) is 2.63. The van der Waals surface area contributed by atoms with Crippen LogP contribution >= 0.6 is 0 Å². The summed E-state index contributed by atoms with van der Waals surface area (Å²) in [5.74, 6) is 0. The Bertz CT molecular complexity index is 457. The summed E-state index contributed by atoms with van der Waals surface area (Å²) >= 11 is 0. The van der Waals surface area contributed by atoms with Crippen LogP contribution in [0.3, 0.4) is 0 Å². The van der Waals surface area contributed by atoms with Gasteiger partial charge in [0.15, 0.2) is 0 Å². The highest BCUT2D eigenvalue weighted by Crippen LogP contribution is 2.19. The molecule has 0 saturated heterocycles. The molecule has 0 saturated carbocycles. The lowest BCUT2D eigenvalue weighted by Crippen LogP contribution is -2.21. The number of nitrogens with two attached hydrogens (primary N) is 1. The van der Waals surface area contributed by atoms with Gasteiger partial charge in [-0.05, 0) is 23.3 Å². The van der Waals surface area contributed by atoms with Crippen molar-refractivity contribution in [3.63, 3.8) is 0 Å². The zero-order valence-corrected chi connectivity index (χ0v) is 10.9. The Balaban J connectivity index is 2.31. The van der Waals surface area contributed by atoms with E-state index in [1.807, 2.05) is 12.1 Å². The summed E-state index contributed by atoms with van der Waals surface area (Å²) in [6.45, 7) is 4.69. The van der Waals surface area contributed by atoms with E-state index in [0.29, 0.717) is 0 Å². The van der Waals surface area contributed by atoms with E-state index in [0.717, 1.165) is 5.69 Å². The van der Waals surface area contributed by atoms with Crippen LogP contribution in [0.4, 0.5) is 5.69 Å². The minimum Gasteiger partial charge on any atom is -0.399 e. The van der Waals surface area contributed by atoms with Crippen molar-refractivity contribution in [2.45, 2.75) is 13.1 Å². The van der Waals surface area contributed by atoms with Crippen molar-refractivity contribution < 1.29 is 0 Å². The van der Waals surface area contributed by atoms with Crippen molar-refractivity contribution >= 4 is 19.7 Å². The van der Waals surface area contributed by atoms with E-state index < -0.39 is 8.80 Å². The molecular weight excluding hydrogens is 210 g/mol. The number of benzene rings is 2. The third kappa shape index (κ3) is 2.34. The monoisotopic (exact) mass is 227 g/mol. The van der Waals surface area contributed by atoms with Crippen LogP contribution in [0.1, 0.15) is 0 Å². The molecule has 0 heterocycles. The molecule has 0 aromatic heterocycles. The molecule has 82 valence electrons. The number of nitrogen functional groups attached to an aromatic ring is 1. The maximum Gasteiger partial charge on any atom is 0.0647 e. The molecule has 0 aliphatic heterocycles. The van der Waals surface area contributed by atoms with Gasteiger partial charge in [-0.2, -0.15) is 0 Å². The van der Waals surface area contributed by atoms with E-state index in [2.05, 4.69) is 49.5 Å². The first-order chi connectivity index (χ1) is 7.66. The average Bonchev–Trinajstić information content (AvgIpc) is 2.30. The lowest BCUT2D eigenvalue weighted by Gasteiger charge is -2.06. The van der Waals surface area contributed by atoms with Crippen molar-refractivity contribution in [2.75, 3.05) is 5.73 Å². The smallest absolute Gasteiger partial charge is 0.0647 e. The second kappa shape index (κ2) is 4.54. The normalized spacial score (nSPS) is 10.7. The van der Waals surface area contributed by atoms with Gasteiger partial charge in [0.05, 0.1) is 8.80 Å². The fourth-order valence-electron chi connectivity index (χ4n) is 1.74. The zero-order chi connectivity index (χ0) is 11.5. The number of anilines is 1. The second-order valence-corrected chi connectivity index (χ2v) is 7.37. The molecule has 0 aliphatic rings. The van der Waals surface area contributed by atoms with E-state index in [-0.39, 0.29) is 0 Å². The molecule has 0 radical (unpaired) electrons. The fourth-order valence-corrected chi connectivity index (χ4v) is 2.70. The summed E-state index contributed by atoms with van der Waals surface area (Å²) in [5, 5.41) is 1.51. The van der Waals surface area contributed by atoms with Gasteiger partial charge < -0.3 is 5.73 Å². The van der Waals surface area contributed by atoms with E-state index >= 15 is 0 Å². The SMILES string of the molecule is C[SiH](C)c1ccc(-c2ccc(N)cc2)cc1. The molecule has 0 spiro atoms. The molecule has 0 aliphatic carbocycles. The van der Waals surface area contributed by atoms with Crippen LogP contribution in [0.25, 0.3) is 11.1 Å². The Morgan fingerprint density at radius 3 is 1.62 bits per heavy atom. The highest BCUT2D eigenvalue weighted by Gasteiger charge is 2.01. The first-order valence-electron chi connectivity index (χ1n) is 5.62. The molecule has 2 aromatic carbocycles. The molecule has 0 unspecified atom stereocenters. The Hall–Kier alpha value is -1.54. The summed E-state index contributed by atoms with van der Waals surface area (Å²) in [4.78, 5) is 0. The van der Waals surface area contributed by atoms with Crippen LogP contribution in [0, 0.1) is 0 Å². The van der Waals surface area contributed by atoms with Gasteiger partial charge in [-0.15, -0.1) is 0 Å². The van der Waals surface area contributed by atoms with Gasteiger partial charge in [0.25, 0.3) is 0 Å². The van der Waals surface area contributed by atoms with Crippen LogP contribution in [-0.2, 0) is 0 Å². The molecule has 0 amide bonds. The van der Waals surface area contributed by atoms with E-state index in [4.69, 9.17) is 5.73 Å². The highest BCUT2D eigenvalue weighted by molar-refractivity contribution is 6.70. The molecule has 2 N–H and O–H groups in total. The third-order valence-electron chi connectivity index (χ3n) is 2.82. The first kappa shape index (κ1) is 11.0. The van der Waals surface area contributed by atoms with Crippen molar-refractivity contribution in [1.82, 2.24) is 0 Å². The van der Waals surface area contributed by atoms with Gasteiger partial charge in [-0.1, -0.05) is 54.7 Å². The lowest BCUT2D eigenvalue weighted by molar-refractivity contribution is 1.62. The van der Waals surface area contributed by atoms with Crippen molar-refractivity contribution in [1.29, 1.82) is 0 Å². The van der Waals surface area contributed by atoms with Gasteiger partial charge >= 0.3 is 0 Å². The van der Waals surface area contributed by atoms with Crippen LogP contribution < -0.4 is 10.9 Å². The maximum absolute atomic E-state index is 5.67. The van der Waals surface area contributed by atoms with Gasteiger partial charge in [0, 0.05) is 5.69 Å². The maximum atomic E-state index is 5.67. The Morgan fingerprint density at radius 1 is 0.750 bits per heavy atom. The van der Waals surface area contributed by atoms with Crippen LogP contribution in [-0.4, -0.2) is 8.80 Å². The van der Waals surface area contributed by atoms with Crippen molar-refractivity contribution in [3.05, 3.63) is 48.5 Å². The Labute approximate surface area is 98.5 Å². The highest BCUT2D eigenvalue weighted by atomic mass is 28.3. The molecular formula is C14H17NSi. The summed E-state index contributed by atoms with van der Waals surface area (Å²) in [6, 6.07) is 16.9. The van der Waals surface area contributed by atoms with Gasteiger partial charge in [-0.25, -0.2) is 0 Å². The Morgan fingerprint density at radius 2 is 1.19 bits per heavy atom. The summed E-state index contributed by atoms with van der Waals surface area (Å²) in [7, 11) is -0.671. The van der Waals surface area contributed by atoms with E-state index in [9.17, 15) is 0 Å². The molecule has 2 aromatic rings. The summed E-state index contributed by atoms with van der Waals surface area (Å²) < 4.78 is 0. The molecule has 2 rings (SSSR count). The third-order valence-corrected chi connectivity index (χ3v) is 4.54.